The molecule has 3 N–H and O–H groups in total. The molecule has 0 heterocycles. The molecule has 0 aliphatic carbocycles. The molecule has 2 unspecified atom stereocenters. The van der Waals surface area contributed by atoms with Gasteiger partial charge in [0.1, 0.15) is 6.10 Å². The van der Waals surface area contributed by atoms with Gasteiger partial charge in [0.15, 0.2) is 0 Å². The molecule has 0 aromatic rings. The van der Waals surface area contributed by atoms with E-state index in [0.29, 0.717) is 0 Å². The number of aliphatic hydroxyl groups excluding tert-OH is 3. The second-order valence-electron chi connectivity index (χ2n) is 3.09. The van der Waals surface area contributed by atoms with Crippen LogP contribution >= 0.6 is 0 Å². The third-order valence-corrected chi connectivity index (χ3v) is 1.89. The summed E-state index contributed by atoms with van der Waals surface area (Å²) in [4.78, 5) is 0. The molecule has 0 aliphatic rings. The number of hydrogen-bond donors (Lipinski definition) is 3. The van der Waals surface area contributed by atoms with Crippen LogP contribution in [0.2, 0.25) is 0 Å². The lowest BCUT2D eigenvalue weighted by molar-refractivity contribution is -0.0480. The van der Waals surface area contributed by atoms with Gasteiger partial charge in [-0.3, -0.25) is 0 Å². The van der Waals surface area contributed by atoms with E-state index in [1.165, 1.54) is 0 Å². The third-order valence-electron chi connectivity index (χ3n) is 1.89. The van der Waals surface area contributed by atoms with Gasteiger partial charge in [-0.05, 0) is 0 Å². The monoisotopic (exact) mass is 158 g/mol. The Morgan fingerprint density at radius 3 is 2.18 bits per heavy atom. The van der Waals surface area contributed by atoms with Crippen LogP contribution in [-0.4, -0.2) is 34.1 Å². The van der Waals surface area contributed by atoms with Crippen LogP contribution in [0.15, 0.2) is 0 Å². The lowest BCUT2D eigenvalue weighted by atomic mass is 9.81. The van der Waals surface area contributed by atoms with E-state index in [4.69, 9.17) is 11.5 Å². The quantitative estimate of drug-likeness (QED) is 0.479. The van der Waals surface area contributed by atoms with Gasteiger partial charge in [-0.2, -0.15) is 0 Å². The summed E-state index contributed by atoms with van der Waals surface area (Å²) < 4.78 is 0. The van der Waals surface area contributed by atoms with Crippen LogP contribution in [-0.2, 0) is 0 Å². The maximum absolute atomic E-state index is 9.18. The Kier molecular flexibility index (Phi) is 3.53. The summed E-state index contributed by atoms with van der Waals surface area (Å²) in [7, 11) is 0. The molecule has 0 spiro atoms. The molecule has 2 atom stereocenters. The predicted molar refractivity (Wildman–Crippen MR) is 41.7 cm³/mol. The van der Waals surface area contributed by atoms with Gasteiger partial charge in [0, 0.05) is 5.41 Å². The lowest BCUT2D eigenvalue weighted by Gasteiger charge is -2.31. The summed E-state index contributed by atoms with van der Waals surface area (Å²) in [5.41, 5.74) is -0.858. The zero-order valence-corrected chi connectivity index (χ0v) is 6.78. The highest BCUT2D eigenvalue weighted by atomic mass is 16.3. The maximum Gasteiger partial charge on any atom is 0.122 e. The molecule has 0 radical (unpaired) electrons. The van der Waals surface area contributed by atoms with E-state index in [0.717, 1.165) is 0 Å². The molecule has 3 nitrogen and oxygen atoms in total. The van der Waals surface area contributed by atoms with Gasteiger partial charge < -0.3 is 15.3 Å². The van der Waals surface area contributed by atoms with Gasteiger partial charge >= 0.3 is 0 Å². The van der Waals surface area contributed by atoms with Gasteiger partial charge in [-0.15, -0.1) is 6.42 Å². The van der Waals surface area contributed by atoms with Crippen LogP contribution in [0.1, 0.15) is 13.8 Å². The Balaban J connectivity index is 4.33. The van der Waals surface area contributed by atoms with Crippen molar-refractivity contribution in [3.05, 3.63) is 0 Å². The Labute approximate surface area is 66.7 Å². The average Bonchev–Trinajstić information content (AvgIpc) is 2.01. The predicted octanol–water partition coefficient (Wildman–Crippen LogP) is -0.640. The van der Waals surface area contributed by atoms with Crippen molar-refractivity contribution in [2.24, 2.45) is 5.41 Å². The summed E-state index contributed by atoms with van der Waals surface area (Å²) in [6.07, 6.45) is 2.93. The molecular formula is C8H14O3. The molecular weight excluding hydrogens is 144 g/mol. The van der Waals surface area contributed by atoms with Crippen LogP contribution in [0.5, 0.6) is 0 Å². The smallest absolute Gasteiger partial charge is 0.122 e. The highest BCUT2D eigenvalue weighted by Gasteiger charge is 2.33. The first-order valence-corrected chi connectivity index (χ1v) is 3.40. The molecule has 0 saturated heterocycles. The topological polar surface area (TPSA) is 60.7 Å². The Morgan fingerprint density at radius 2 is 1.91 bits per heavy atom. The molecule has 11 heavy (non-hydrogen) atoms. The van der Waals surface area contributed by atoms with Crippen molar-refractivity contribution in [1.82, 2.24) is 0 Å². The van der Waals surface area contributed by atoms with Crippen molar-refractivity contribution in [3.8, 4) is 12.3 Å². The Bertz CT molecular complexity index is 157. The molecule has 0 saturated carbocycles. The van der Waals surface area contributed by atoms with Crippen molar-refractivity contribution in [3.63, 3.8) is 0 Å². The second-order valence-corrected chi connectivity index (χ2v) is 3.09. The van der Waals surface area contributed by atoms with Crippen molar-refractivity contribution in [1.29, 1.82) is 0 Å². The first kappa shape index (κ1) is 10.4. The van der Waals surface area contributed by atoms with Crippen molar-refractivity contribution in [2.75, 3.05) is 6.61 Å². The van der Waals surface area contributed by atoms with Gasteiger partial charge in [-0.25, -0.2) is 0 Å². The minimum Gasteiger partial charge on any atom is -0.394 e. The normalized spacial score (nSPS) is 17.1. The highest BCUT2D eigenvalue weighted by Crippen LogP contribution is 2.24. The molecule has 64 valence electrons. The first-order valence-electron chi connectivity index (χ1n) is 3.40. The average molecular weight is 158 g/mol. The van der Waals surface area contributed by atoms with E-state index in [1.807, 2.05) is 0 Å². The molecule has 0 aromatic carbocycles. The zero-order valence-electron chi connectivity index (χ0n) is 6.78. The summed E-state index contributed by atoms with van der Waals surface area (Å²) in [5.74, 6) is 2.10. The summed E-state index contributed by atoms with van der Waals surface area (Å²) in [5, 5.41) is 26.9. The standard InChI is InChI=1S/C8H14O3/c1-4-6(10)8(2,3)7(11)5-9/h1,6-7,9-11H,5H2,2-3H3. The number of terminal acetylenes is 1. The number of aliphatic hydroxyl groups is 3. The van der Waals surface area contributed by atoms with E-state index < -0.39 is 24.2 Å². The highest BCUT2D eigenvalue weighted by molar-refractivity contribution is 5.03. The first-order chi connectivity index (χ1) is 4.96. The Morgan fingerprint density at radius 1 is 1.45 bits per heavy atom. The fraction of sp³-hybridized carbons (Fsp3) is 0.750. The summed E-state index contributed by atoms with van der Waals surface area (Å²) in [6.45, 7) is 2.79. The molecule has 0 aliphatic heterocycles. The molecule has 0 aromatic heterocycles. The summed E-state index contributed by atoms with van der Waals surface area (Å²) in [6, 6.07) is 0. The van der Waals surface area contributed by atoms with Crippen LogP contribution < -0.4 is 0 Å². The zero-order chi connectivity index (χ0) is 9.07. The molecule has 0 rings (SSSR count). The minimum absolute atomic E-state index is 0.397. The van der Waals surface area contributed by atoms with E-state index in [1.54, 1.807) is 13.8 Å². The van der Waals surface area contributed by atoms with Gasteiger partial charge in [0.2, 0.25) is 0 Å². The van der Waals surface area contributed by atoms with E-state index >= 15 is 0 Å². The number of rotatable bonds is 3. The SMILES string of the molecule is C#CC(O)C(C)(C)C(O)CO. The largest absolute Gasteiger partial charge is 0.394 e. The molecule has 0 bridgehead atoms. The maximum atomic E-state index is 9.18. The summed E-state index contributed by atoms with van der Waals surface area (Å²) >= 11 is 0. The fourth-order valence-corrected chi connectivity index (χ4v) is 0.632. The second kappa shape index (κ2) is 3.72. The van der Waals surface area contributed by atoms with Crippen LogP contribution in [0.25, 0.3) is 0 Å². The molecule has 0 fully saturated rings. The van der Waals surface area contributed by atoms with Gasteiger partial charge in [0.05, 0.1) is 12.7 Å². The van der Waals surface area contributed by atoms with E-state index in [9.17, 15) is 10.2 Å². The van der Waals surface area contributed by atoms with Crippen molar-refractivity contribution in [2.45, 2.75) is 26.1 Å². The van der Waals surface area contributed by atoms with E-state index in [-0.39, 0.29) is 0 Å². The Hall–Kier alpha value is -0.560. The number of hydrogen-bond acceptors (Lipinski definition) is 3. The third kappa shape index (κ3) is 2.19. The van der Waals surface area contributed by atoms with Gasteiger partial charge in [0.25, 0.3) is 0 Å². The van der Waals surface area contributed by atoms with Crippen LogP contribution in [0.3, 0.4) is 0 Å². The minimum atomic E-state index is -1.04. The molecule has 0 amide bonds. The van der Waals surface area contributed by atoms with E-state index in [2.05, 4.69) is 5.92 Å². The molecule has 3 heteroatoms. The fourth-order valence-electron chi connectivity index (χ4n) is 0.632. The van der Waals surface area contributed by atoms with Crippen LogP contribution in [0, 0.1) is 17.8 Å². The van der Waals surface area contributed by atoms with Gasteiger partial charge in [-0.1, -0.05) is 19.8 Å². The van der Waals surface area contributed by atoms with Crippen LogP contribution in [0.4, 0.5) is 0 Å². The lowest BCUT2D eigenvalue weighted by Crippen LogP contribution is -2.41. The van der Waals surface area contributed by atoms with Crippen molar-refractivity contribution < 1.29 is 15.3 Å². The van der Waals surface area contributed by atoms with Crippen molar-refractivity contribution >= 4 is 0 Å².